The van der Waals surface area contributed by atoms with Crippen molar-refractivity contribution >= 4 is 17.5 Å². The Labute approximate surface area is 171 Å². The van der Waals surface area contributed by atoms with E-state index in [1.165, 1.54) is 0 Å². The van der Waals surface area contributed by atoms with Crippen molar-refractivity contribution in [3.63, 3.8) is 0 Å². The summed E-state index contributed by atoms with van der Waals surface area (Å²) in [6, 6.07) is 11.9. The van der Waals surface area contributed by atoms with E-state index < -0.39 is 6.04 Å². The molecule has 1 aliphatic heterocycles. The first kappa shape index (κ1) is 20.7. The van der Waals surface area contributed by atoms with Gasteiger partial charge in [-0.2, -0.15) is 0 Å². The predicted molar refractivity (Wildman–Crippen MR) is 113 cm³/mol. The molecule has 0 bridgehead atoms. The average molecular weight is 396 g/mol. The van der Waals surface area contributed by atoms with Crippen molar-refractivity contribution < 1.29 is 19.1 Å². The van der Waals surface area contributed by atoms with E-state index in [1.807, 2.05) is 39.8 Å². The van der Waals surface area contributed by atoms with Gasteiger partial charge in [-0.05, 0) is 38.0 Å². The zero-order valence-electron chi connectivity index (χ0n) is 17.3. The smallest absolute Gasteiger partial charge is 0.251 e. The summed E-state index contributed by atoms with van der Waals surface area (Å²) in [6.45, 7) is 8.18. The molecule has 2 unspecified atom stereocenters. The van der Waals surface area contributed by atoms with Crippen LogP contribution in [-0.4, -0.2) is 30.6 Å². The number of nitrogens with one attached hydrogen (secondary N) is 2. The van der Waals surface area contributed by atoms with E-state index in [0.717, 1.165) is 17.7 Å². The maximum absolute atomic E-state index is 13.0. The van der Waals surface area contributed by atoms with Crippen molar-refractivity contribution in [3.8, 4) is 11.5 Å². The van der Waals surface area contributed by atoms with E-state index >= 15 is 0 Å². The molecule has 29 heavy (non-hydrogen) atoms. The highest BCUT2D eigenvalue weighted by atomic mass is 16.5. The first-order chi connectivity index (χ1) is 13.9. The zero-order valence-corrected chi connectivity index (χ0v) is 17.3. The van der Waals surface area contributed by atoms with Crippen molar-refractivity contribution in [2.75, 3.05) is 11.9 Å². The van der Waals surface area contributed by atoms with Crippen LogP contribution in [0.25, 0.3) is 0 Å². The predicted octanol–water partition coefficient (Wildman–Crippen LogP) is 3.80. The summed E-state index contributed by atoms with van der Waals surface area (Å²) < 4.78 is 11.5. The summed E-state index contributed by atoms with van der Waals surface area (Å²) in [5, 5.41) is 5.76. The third kappa shape index (κ3) is 4.88. The summed E-state index contributed by atoms with van der Waals surface area (Å²) in [4.78, 5) is 25.6. The molecule has 2 amide bonds. The van der Waals surface area contributed by atoms with E-state index in [2.05, 4.69) is 10.6 Å². The van der Waals surface area contributed by atoms with Gasteiger partial charge in [0.25, 0.3) is 5.91 Å². The molecule has 0 saturated heterocycles. The zero-order chi connectivity index (χ0) is 21.0. The fourth-order valence-electron chi connectivity index (χ4n) is 3.37. The molecular weight excluding hydrogens is 368 g/mol. The van der Waals surface area contributed by atoms with Gasteiger partial charge in [0, 0.05) is 23.6 Å². The lowest BCUT2D eigenvalue weighted by Crippen LogP contribution is -2.47. The largest absolute Gasteiger partial charge is 0.492 e. The second-order valence-electron chi connectivity index (χ2n) is 7.57. The number of carbonyl (C=O) groups excluding carboxylic acids is 2. The molecule has 1 heterocycles. The van der Waals surface area contributed by atoms with Gasteiger partial charge in [0.1, 0.15) is 23.6 Å². The highest BCUT2D eigenvalue weighted by molar-refractivity contribution is 6.02. The van der Waals surface area contributed by atoms with E-state index in [-0.39, 0.29) is 23.8 Å². The molecule has 2 atom stereocenters. The third-order valence-electron chi connectivity index (χ3n) is 4.83. The SMILES string of the molecule is CCOc1cc2c(cc1NC(=O)C(NC(=O)c1ccccc1)C(C)C)OC(C)C2. The van der Waals surface area contributed by atoms with Gasteiger partial charge in [-0.15, -0.1) is 0 Å². The van der Waals surface area contributed by atoms with Crippen molar-refractivity contribution in [1.82, 2.24) is 5.32 Å². The van der Waals surface area contributed by atoms with Crippen LogP contribution in [0.4, 0.5) is 5.69 Å². The van der Waals surface area contributed by atoms with Gasteiger partial charge in [0.2, 0.25) is 5.91 Å². The molecule has 3 rings (SSSR count). The Morgan fingerprint density at radius 3 is 2.59 bits per heavy atom. The van der Waals surface area contributed by atoms with Gasteiger partial charge < -0.3 is 20.1 Å². The molecule has 1 aliphatic rings. The first-order valence-corrected chi connectivity index (χ1v) is 10.0. The van der Waals surface area contributed by atoms with E-state index in [1.54, 1.807) is 30.3 Å². The molecule has 0 radical (unpaired) electrons. The molecule has 154 valence electrons. The van der Waals surface area contributed by atoms with Crippen LogP contribution in [0.15, 0.2) is 42.5 Å². The Balaban J connectivity index is 1.79. The molecule has 0 aromatic heterocycles. The number of carbonyl (C=O) groups is 2. The number of hydrogen-bond acceptors (Lipinski definition) is 4. The Morgan fingerprint density at radius 2 is 1.93 bits per heavy atom. The molecular formula is C23H28N2O4. The molecule has 0 fully saturated rings. The first-order valence-electron chi connectivity index (χ1n) is 10.0. The van der Waals surface area contributed by atoms with Crippen LogP contribution in [0, 0.1) is 5.92 Å². The molecule has 6 heteroatoms. The molecule has 2 N–H and O–H groups in total. The number of ether oxygens (including phenoxy) is 2. The number of anilines is 1. The number of rotatable bonds is 7. The molecule has 2 aromatic rings. The summed E-state index contributed by atoms with van der Waals surface area (Å²) in [6.07, 6.45) is 0.907. The van der Waals surface area contributed by atoms with E-state index in [9.17, 15) is 9.59 Å². The van der Waals surface area contributed by atoms with Crippen LogP contribution in [0.2, 0.25) is 0 Å². The maximum atomic E-state index is 13.0. The van der Waals surface area contributed by atoms with Crippen LogP contribution in [0.1, 0.15) is 43.6 Å². The monoisotopic (exact) mass is 396 g/mol. The lowest BCUT2D eigenvalue weighted by Gasteiger charge is -2.23. The number of benzene rings is 2. The van der Waals surface area contributed by atoms with Crippen LogP contribution >= 0.6 is 0 Å². The van der Waals surface area contributed by atoms with Gasteiger partial charge in [-0.25, -0.2) is 0 Å². The quantitative estimate of drug-likeness (QED) is 0.746. The average Bonchev–Trinajstić information content (AvgIpc) is 3.05. The molecule has 0 aliphatic carbocycles. The normalized spacial score (nSPS) is 16.0. The lowest BCUT2D eigenvalue weighted by molar-refractivity contribution is -0.118. The molecule has 0 spiro atoms. The molecule has 0 saturated carbocycles. The summed E-state index contributed by atoms with van der Waals surface area (Å²) in [5.74, 6) is 0.690. The summed E-state index contributed by atoms with van der Waals surface area (Å²) >= 11 is 0. The second-order valence-corrected chi connectivity index (χ2v) is 7.57. The minimum Gasteiger partial charge on any atom is -0.492 e. The van der Waals surface area contributed by atoms with E-state index in [0.29, 0.717) is 23.6 Å². The Kier molecular flexibility index (Phi) is 6.42. The molecule has 6 nitrogen and oxygen atoms in total. The van der Waals surface area contributed by atoms with Gasteiger partial charge in [-0.1, -0.05) is 32.0 Å². The second kappa shape index (κ2) is 8.99. The van der Waals surface area contributed by atoms with Crippen molar-refractivity contribution in [3.05, 3.63) is 53.6 Å². The van der Waals surface area contributed by atoms with Crippen molar-refractivity contribution in [2.24, 2.45) is 5.92 Å². The highest BCUT2D eigenvalue weighted by Gasteiger charge is 2.27. The van der Waals surface area contributed by atoms with Crippen molar-refractivity contribution in [1.29, 1.82) is 0 Å². The van der Waals surface area contributed by atoms with Crippen molar-refractivity contribution in [2.45, 2.75) is 46.3 Å². The van der Waals surface area contributed by atoms with Crippen LogP contribution in [0.3, 0.4) is 0 Å². The van der Waals surface area contributed by atoms with Crippen LogP contribution in [-0.2, 0) is 11.2 Å². The minimum atomic E-state index is -0.690. The highest BCUT2D eigenvalue weighted by Crippen LogP contribution is 2.38. The number of fused-ring (bicyclic) bond motifs is 1. The standard InChI is InChI=1S/C23H28N2O4/c1-5-28-20-12-17-11-15(4)29-19(17)13-18(20)24-23(27)21(14(2)3)25-22(26)16-9-7-6-8-10-16/h6-10,12-15,21H,5,11H2,1-4H3,(H,24,27)(H,25,26). The lowest BCUT2D eigenvalue weighted by atomic mass is 10.0. The van der Waals surface area contributed by atoms with Crippen LogP contribution < -0.4 is 20.1 Å². The third-order valence-corrected chi connectivity index (χ3v) is 4.83. The summed E-state index contributed by atoms with van der Waals surface area (Å²) in [5.41, 5.74) is 2.13. The maximum Gasteiger partial charge on any atom is 0.251 e. The summed E-state index contributed by atoms with van der Waals surface area (Å²) in [7, 11) is 0. The topological polar surface area (TPSA) is 76.7 Å². The van der Waals surface area contributed by atoms with Gasteiger partial charge in [0.15, 0.2) is 0 Å². The number of hydrogen-bond donors (Lipinski definition) is 2. The van der Waals surface area contributed by atoms with Crippen LogP contribution in [0.5, 0.6) is 11.5 Å². The Morgan fingerprint density at radius 1 is 1.21 bits per heavy atom. The fourth-order valence-corrected chi connectivity index (χ4v) is 3.37. The molecule has 2 aromatic carbocycles. The van der Waals surface area contributed by atoms with Gasteiger partial charge in [0.05, 0.1) is 12.3 Å². The Hall–Kier alpha value is -3.02. The Bertz CT molecular complexity index is 880. The van der Waals surface area contributed by atoms with E-state index in [4.69, 9.17) is 9.47 Å². The number of amides is 2. The van der Waals surface area contributed by atoms with Gasteiger partial charge >= 0.3 is 0 Å². The van der Waals surface area contributed by atoms with Gasteiger partial charge in [-0.3, -0.25) is 9.59 Å². The minimum absolute atomic E-state index is 0.0936. The fraction of sp³-hybridized carbons (Fsp3) is 0.391.